The molecule has 5 nitrogen and oxygen atoms in total. The highest BCUT2D eigenvalue weighted by Crippen LogP contribution is 2.38. The van der Waals surface area contributed by atoms with Crippen molar-refractivity contribution in [1.29, 1.82) is 0 Å². The summed E-state index contributed by atoms with van der Waals surface area (Å²) in [5, 5.41) is 9.50. The number of nitrogens with zero attached hydrogens (tertiary/aromatic N) is 1. The molecule has 0 amide bonds. The number of alkyl halides is 3. The Bertz CT molecular complexity index is 899. The number of hydrogen-bond acceptors (Lipinski definition) is 4. The number of methoxy groups -OCH3 is 1. The molecular weight excluding hydrogens is 411 g/mol. The largest absolute Gasteiger partial charge is 0.493 e. The Labute approximate surface area is 179 Å². The number of ether oxygens (including phenoxy) is 2. The van der Waals surface area contributed by atoms with E-state index in [2.05, 4.69) is 0 Å². The Morgan fingerprint density at radius 3 is 2.42 bits per heavy atom. The molecule has 0 aromatic heterocycles. The number of carbonyl (C=O) groups is 1. The molecule has 2 atom stereocenters. The molecular formula is C23H26F3NO4. The summed E-state index contributed by atoms with van der Waals surface area (Å²) in [7, 11) is 1.53. The monoisotopic (exact) mass is 437 g/mol. The van der Waals surface area contributed by atoms with E-state index < -0.39 is 29.7 Å². The third kappa shape index (κ3) is 5.31. The average Bonchev–Trinajstić information content (AvgIpc) is 2.74. The number of carboxylic acid groups (broad SMARTS) is 1. The van der Waals surface area contributed by atoms with E-state index in [0.717, 1.165) is 17.7 Å². The molecule has 2 aromatic rings. The smallest absolute Gasteiger partial charge is 0.416 e. The molecule has 0 bridgehead atoms. The first kappa shape index (κ1) is 22.9. The van der Waals surface area contributed by atoms with Gasteiger partial charge in [-0.15, -0.1) is 0 Å². The van der Waals surface area contributed by atoms with Gasteiger partial charge in [-0.2, -0.15) is 13.2 Å². The highest BCUT2D eigenvalue weighted by atomic mass is 19.4. The normalized spacial score (nSPS) is 18.4. The maximum absolute atomic E-state index is 13.1. The number of likely N-dealkylation sites (tertiary alicyclic amines) is 1. The van der Waals surface area contributed by atoms with Crippen LogP contribution in [0.1, 0.15) is 42.5 Å². The molecule has 8 heteroatoms. The first-order valence-electron chi connectivity index (χ1n) is 10.2. The van der Waals surface area contributed by atoms with Crippen LogP contribution in [0.15, 0.2) is 42.5 Å². The zero-order valence-corrected chi connectivity index (χ0v) is 17.5. The minimum absolute atomic E-state index is 0.316. The van der Waals surface area contributed by atoms with Crippen LogP contribution in [-0.4, -0.2) is 42.8 Å². The molecule has 1 N–H and O–H groups in total. The summed E-state index contributed by atoms with van der Waals surface area (Å²) in [6.07, 6.45) is -3.14. The zero-order valence-electron chi connectivity index (χ0n) is 17.5. The summed E-state index contributed by atoms with van der Waals surface area (Å²) in [5.41, 5.74) is 0.739. The van der Waals surface area contributed by atoms with Gasteiger partial charge in [0.2, 0.25) is 0 Å². The second-order valence-electron chi connectivity index (χ2n) is 7.54. The average molecular weight is 437 g/mol. The van der Waals surface area contributed by atoms with Crippen molar-refractivity contribution in [2.75, 3.05) is 26.8 Å². The quantitative estimate of drug-likeness (QED) is 0.661. The molecule has 0 radical (unpaired) electrons. The molecule has 3 rings (SSSR count). The molecule has 1 saturated heterocycles. The Morgan fingerprint density at radius 2 is 1.84 bits per heavy atom. The van der Waals surface area contributed by atoms with Crippen LogP contribution in [0.5, 0.6) is 11.5 Å². The van der Waals surface area contributed by atoms with Gasteiger partial charge in [0, 0.05) is 6.54 Å². The molecule has 0 aliphatic carbocycles. The van der Waals surface area contributed by atoms with Crippen LogP contribution in [0, 0.1) is 5.92 Å². The minimum atomic E-state index is -4.42. The third-order valence-electron chi connectivity index (χ3n) is 5.52. The number of halogens is 3. The Kier molecular flexibility index (Phi) is 7.10. The highest BCUT2D eigenvalue weighted by Gasteiger charge is 2.33. The van der Waals surface area contributed by atoms with E-state index in [1.54, 1.807) is 6.07 Å². The van der Waals surface area contributed by atoms with Gasteiger partial charge in [0.15, 0.2) is 11.5 Å². The van der Waals surface area contributed by atoms with E-state index in [1.807, 2.05) is 24.0 Å². The van der Waals surface area contributed by atoms with Gasteiger partial charge >= 0.3 is 12.1 Å². The first-order valence-corrected chi connectivity index (χ1v) is 10.2. The predicted octanol–water partition coefficient (Wildman–Crippen LogP) is 5.00. The lowest BCUT2D eigenvalue weighted by molar-refractivity contribution is -0.144. The first-order chi connectivity index (χ1) is 14.7. The van der Waals surface area contributed by atoms with Gasteiger partial charge in [0.05, 0.1) is 31.2 Å². The van der Waals surface area contributed by atoms with Gasteiger partial charge in [-0.05, 0) is 61.7 Å². The predicted molar refractivity (Wildman–Crippen MR) is 109 cm³/mol. The molecule has 1 aliphatic rings. The molecule has 1 fully saturated rings. The molecule has 2 unspecified atom stereocenters. The topological polar surface area (TPSA) is 59.0 Å². The van der Waals surface area contributed by atoms with Crippen molar-refractivity contribution in [1.82, 2.24) is 4.90 Å². The van der Waals surface area contributed by atoms with E-state index in [0.29, 0.717) is 49.6 Å². The highest BCUT2D eigenvalue weighted by molar-refractivity contribution is 5.70. The van der Waals surface area contributed by atoms with Gasteiger partial charge in [-0.25, -0.2) is 0 Å². The summed E-state index contributed by atoms with van der Waals surface area (Å²) in [6, 6.07) is 10.1. The summed E-state index contributed by atoms with van der Waals surface area (Å²) < 4.78 is 50.2. The molecule has 31 heavy (non-hydrogen) atoms. The summed E-state index contributed by atoms with van der Waals surface area (Å²) in [6.45, 7) is 3.24. The third-order valence-corrected chi connectivity index (χ3v) is 5.52. The van der Waals surface area contributed by atoms with Crippen molar-refractivity contribution in [3.63, 3.8) is 0 Å². The fourth-order valence-corrected chi connectivity index (χ4v) is 4.04. The maximum atomic E-state index is 13.1. The van der Waals surface area contributed by atoms with Crippen molar-refractivity contribution < 1.29 is 32.5 Å². The van der Waals surface area contributed by atoms with Crippen molar-refractivity contribution in [2.45, 2.75) is 32.0 Å². The van der Waals surface area contributed by atoms with Crippen molar-refractivity contribution in [3.05, 3.63) is 59.2 Å². The van der Waals surface area contributed by atoms with Gasteiger partial charge in [0.25, 0.3) is 0 Å². The molecule has 2 aromatic carbocycles. The molecule has 1 aliphatic heterocycles. The van der Waals surface area contributed by atoms with Gasteiger partial charge in [-0.1, -0.05) is 18.2 Å². The van der Waals surface area contributed by atoms with Crippen LogP contribution < -0.4 is 9.47 Å². The van der Waals surface area contributed by atoms with E-state index in [9.17, 15) is 23.1 Å². The Hall–Kier alpha value is -2.74. The number of aliphatic carboxylic acids is 1. The summed E-state index contributed by atoms with van der Waals surface area (Å²) >= 11 is 0. The number of benzene rings is 2. The van der Waals surface area contributed by atoms with Crippen LogP contribution in [-0.2, 0) is 11.0 Å². The SMILES string of the molecule is CCOc1cc(C(c2ccc(C(F)(F)F)cc2)N2CCCC(C(=O)O)C2)ccc1OC. The number of piperidine rings is 1. The lowest BCUT2D eigenvalue weighted by Crippen LogP contribution is -2.41. The fourth-order valence-electron chi connectivity index (χ4n) is 4.04. The Morgan fingerprint density at radius 1 is 1.16 bits per heavy atom. The van der Waals surface area contributed by atoms with Crippen LogP contribution >= 0.6 is 0 Å². The van der Waals surface area contributed by atoms with Crippen LogP contribution in [0.2, 0.25) is 0 Å². The number of carboxylic acids is 1. The van der Waals surface area contributed by atoms with Gasteiger partial charge in [0.1, 0.15) is 0 Å². The minimum Gasteiger partial charge on any atom is -0.493 e. The van der Waals surface area contributed by atoms with Crippen LogP contribution in [0.3, 0.4) is 0 Å². The van der Waals surface area contributed by atoms with Crippen molar-refractivity contribution in [3.8, 4) is 11.5 Å². The molecule has 0 saturated carbocycles. The molecule has 168 valence electrons. The number of hydrogen-bond donors (Lipinski definition) is 1. The molecule has 0 spiro atoms. The van der Waals surface area contributed by atoms with E-state index in [1.165, 1.54) is 19.2 Å². The standard InChI is InChI=1S/C23H26F3NO4/c1-3-31-20-13-16(8-11-19(20)30-2)21(27-12-4-5-17(14-27)22(28)29)15-6-9-18(10-7-15)23(24,25)26/h6-11,13,17,21H,3-5,12,14H2,1-2H3,(H,28,29). The fraction of sp³-hybridized carbons (Fsp3) is 0.435. The van der Waals surface area contributed by atoms with Gasteiger partial charge < -0.3 is 14.6 Å². The summed E-state index contributed by atoms with van der Waals surface area (Å²) in [5.74, 6) is -0.291. The number of rotatable bonds is 7. The van der Waals surface area contributed by atoms with Crippen LogP contribution in [0.4, 0.5) is 13.2 Å². The van der Waals surface area contributed by atoms with Gasteiger partial charge in [-0.3, -0.25) is 9.69 Å². The van der Waals surface area contributed by atoms with E-state index >= 15 is 0 Å². The zero-order chi connectivity index (χ0) is 22.6. The van der Waals surface area contributed by atoms with Crippen LogP contribution in [0.25, 0.3) is 0 Å². The molecule has 1 heterocycles. The second kappa shape index (κ2) is 9.60. The maximum Gasteiger partial charge on any atom is 0.416 e. The summed E-state index contributed by atoms with van der Waals surface area (Å²) in [4.78, 5) is 13.6. The van der Waals surface area contributed by atoms with Crippen molar-refractivity contribution >= 4 is 5.97 Å². The van der Waals surface area contributed by atoms with E-state index in [4.69, 9.17) is 9.47 Å². The van der Waals surface area contributed by atoms with E-state index in [-0.39, 0.29) is 0 Å². The lowest BCUT2D eigenvalue weighted by Gasteiger charge is -2.38. The Balaban J connectivity index is 2.04. The second-order valence-corrected chi connectivity index (χ2v) is 7.54. The lowest BCUT2D eigenvalue weighted by atomic mass is 9.91. The van der Waals surface area contributed by atoms with Crippen molar-refractivity contribution in [2.24, 2.45) is 5.92 Å².